The van der Waals surface area contributed by atoms with E-state index in [1.807, 2.05) is 32.2 Å². The van der Waals surface area contributed by atoms with Crippen LogP contribution in [0.4, 0.5) is 0 Å². The third-order valence-electron chi connectivity index (χ3n) is 2.44. The maximum absolute atomic E-state index is 11.8. The van der Waals surface area contributed by atoms with Crippen LogP contribution < -0.4 is 5.73 Å². The Morgan fingerprint density at radius 2 is 2.21 bits per heavy atom. The lowest BCUT2D eigenvalue weighted by atomic mass is 9.97. The smallest absolute Gasteiger partial charge is 0.165 e. The van der Waals surface area contributed by atoms with Gasteiger partial charge in [-0.3, -0.25) is 4.79 Å². The van der Waals surface area contributed by atoms with Crippen LogP contribution in [0.1, 0.15) is 35.5 Å². The molecular weight excluding hydrogens is 194 g/mol. The summed E-state index contributed by atoms with van der Waals surface area (Å²) in [6.07, 6.45) is 0.454. The summed E-state index contributed by atoms with van der Waals surface area (Å²) >= 11 is 1.61. The number of rotatable bonds is 4. The highest BCUT2D eigenvalue weighted by molar-refractivity contribution is 7.10. The monoisotopic (exact) mass is 211 g/mol. The summed E-state index contributed by atoms with van der Waals surface area (Å²) in [7, 11) is 0. The van der Waals surface area contributed by atoms with Crippen molar-refractivity contribution in [1.29, 1.82) is 0 Å². The van der Waals surface area contributed by atoms with Crippen LogP contribution in [0.15, 0.2) is 11.4 Å². The van der Waals surface area contributed by atoms with Crippen molar-refractivity contribution >= 4 is 17.1 Å². The third-order valence-corrected chi connectivity index (χ3v) is 3.28. The molecule has 0 bridgehead atoms. The number of ketones is 1. The van der Waals surface area contributed by atoms with Crippen LogP contribution in [0, 0.1) is 12.8 Å². The molecule has 1 rings (SSSR count). The van der Waals surface area contributed by atoms with Crippen molar-refractivity contribution in [2.75, 3.05) is 0 Å². The first kappa shape index (κ1) is 11.4. The number of aryl methyl sites for hydroxylation is 1. The van der Waals surface area contributed by atoms with Crippen LogP contribution in [0.5, 0.6) is 0 Å². The largest absolute Gasteiger partial charge is 0.327 e. The molecule has 2 N–H and O–H groups in total. The lowest BCUT2D eigenvalue weighted by Crippen LogP contribution is -2.29. The minimum absolute atomic E-state index is 0.0261. The predicted molar refractivity (Wildman–Crippen MR) is 60.8 cm³/mol. The lowest BCUT2D eigenvalue weighted by molar-refractivity contribution is 0.0967. The van der Waals surface area contributed by atoms with Crippen LogP contribution >= 0.6 is 11.3 Å². The van der Waals surface area contributed by atoms with Gasteiger partial charge in [0.25, 0.3) is 0 Å². The number of carbonyl (C=O) groups excluding carboxylic acids is 1. The number of carbonyl (C=O) groups is 1. The average molecular weight is 211 g/mol. The Kier molecular flexibility index (Phi) is 3.84. The molecule has 78 valence electrons. The highest BCUT2D eigenvalue weighted by Crippen LogP contribution is 2.18. The van der Waals surface area contributed by atoms with Gasteiger partial charge in [0.1, 0.15) is 0 Å². The van der Waals surface area contributed by atoms with Crippen LogP contribution in [-0.4, -0.2) is 11.8 Å². The molecule has 0 saturated carbocycles. The van der Waals surface area contributed by atoms with Gasteiger partial charge in [-0.25, -0.2) is 0 Å². The van der Waals surface area contributed by atoms with E-state index in [4.69, 9.17) is 5.73 Å². The summed E-state index contributed by atoms with van der Waals surface area (Å²) in [5, 5.41) is 1.95. The zero-order valence-corrected chi connectivity index (χ0v) is 9.73. The molecule has 0 aliphatic carbocycles. The molecule has 1 aromatic heterocycles. The van der Waals surface area contributed by atoms with Crippen LogP contribution in [0.25, 0.3) is 0 Å². The number of Topliss-reactive ketones (excluding diaryl/α,β-unsaturated/α-hetero) is 1. The fourth-order valence-electron chi connectivity index (χ4n) is 1.23. The minimum atomic E-state index is -0.0261. The Morgan fingerprint density at radius 3 is 2.64 bits per heavy atom. The Hall–Kier alpha value is -0.670. The van der Waals surface area contributed by atoms with E-state index in [2.05, 4.69) is 0 Å². The van der Waals surface area contributed by atoms with Crippen molar-refractivity contribution in [2.24, 2.45) is 11.7 Å². The maximum atomic E-state index is 11.8. The maximum Gasteiger partial charge on any atom is 0.165 e. The zero-order valence-electron chi connectivity index (χ0n) is 8.91. The summed E-state index contributed by atoms with van der Waals surface area (Å²) in [5.41, 5.74) is 6.70. The van der Waals surface area contributed by atoms with Crippen LogP contribution in [0.3, 0.4) is 0 Å². The third kappa shape index (κ3) is 2.66. The van der Waals surface area contributed by atoms with Crippen molar-refractivity contribution in [1.82, 2.24) is 0 Å². The molecule has 3 heteroatoms. The number of hydrogen-bond donors (Lipinski definition) is 1. The molecule has 0 aliphatic rings. The van der Waals surface area contributed by atoms with E-state index in [1.165, 1.54) is 0 Å². The molecule has 1 unspecified atom stereocenters. The second-order valence-corrected chi connectivity index (χ2v) is 5.05. The molecule has 0 radical (unpaired) electrons. The van der Waals surface area contributed by atoms with Gasteiger partial charge >= 0.3 is 0 Å². The summed E-state index contributed by atoms with van der Waals surface area (Å²) in [6.45, 7) is 6.05. The summed E-state index contributed by atoms with van der Waals surface area (Å²) in [5.74, 6) is 0.530. The Balaban J connectivity index is 2.64. The molecule has 1 atom stereocenters. The van der Waals surface area contributed by atoms with Gasteiger partial charge in [0, 0.05) is 22.9 Å². The molecule has 0 saturated heterocycles. The first-order valence-corrected chi connectivity index (χ1v) is 5.73. The van der Waals surface area contributed by atoms with Gasteiger partial charge < -0.3 is 5.73 Å². The fraction of sp³-hybridized carbons (Fsp3) is 0.545. The van der Waals surface area contributed by atoms with Gasteiger partial charge in [0.15, 0.2) is 5.78 Å². The van der Waals surface area contributed by atoms with Crippen molar-refractivity contribution in [2.45, 2.75) is 33.2 Å². The normalized spacial score (nSPS) is 13.2. The summed E-state index contributed by atoms with van der Waals surface area (Å²) < 4.78 is 0. The Bertz CT molecular complexity index is 317. The second kappa shape index (κ2) is 4.71. The van der Waals surface area contributed by atoms with Crippen molar-refractivity contribution in [3.63, 3.8) is 0 Å². The van der Waals surface area contributed by atoms with Gasteiger partial charge in [0.05, 0.1) is 0 Å². The summed E-state index contributed by atoms with van der Waals surface area (Å²) in [4.78, 5) is 12.9. The number of nitrogens with two attached hydrogens (primary N) is 1. The molecule has 0 aromatic carbocycles. The molecule has 2 nitrogen and oxygen atoms in total. The van der Waals surface area contributed by atoms with Crippen LogP contribution in [-0.2, 0) is 0 Å². The molecule has 0 aliphatic heterocycles. The van der Waals surface area contributed by atoms with Crippen molar-refractivity contribution < 1.29 is 4.79 Å². The highest BCUT2D eigenvalue weighted by Gasteiger charge is 2.16. The van der Waals surface area contributed by atoms with Crippen molar-refractivity contribution in [3.8, 4) is 0 Å². The molecule has 0 fully saturated rings. The highest BCUT2D eigenvalue weighted by atomic mass is 32.1. The summed E-state index contributed by atoms with van der Waals surface area (Å²) in [6, 6.07) is 1.86. The fourth-order valence-corrected chi connectivity index (χ4v) is 1.95. The Morgan fingerprint density at radius 1 is 1.57 bits per heavy atom. The van der Waals surface area contributed by atoms with E-state index in [9.17, 15) is 4.79 Å². The second-order valence-electron chi connectivity index (χ2n) is 3.93. The Labute approximate surface area is 89.1 Å². The molecule has 1 heterocycles. The average Bonchev–Trinajstić information content (AvgIpc) is 2.51. The van der Waals surface area contributed by atoms with Crippen LogP contribution in [0.2, 0.25) is 0 Å². The first-order valence-electron chi connectivity index (χ1n) is 4.85. The molecule has 0 spiro atoms. The molecular formula is C11H17NOS. The zero-order chi connectivity index (χ0) is 10.7. The van der Waals surface area contributed by atoms with Gasteiger partial charge in [-0.1, -0.05) is 13.8 Å². The molecule has 14 heavy (non-hydrogen) atoms. The van der Waals surface area contributed by atoms with E-state index in [1.54, 1.807) is 11.3 Å². The van der Waals surface area contributed by atoms with E-state index < -0.39 is 0 Å². The number of hydrogen-bond acceptors (Lipinski definition) is 3. The lowest BCUT2D eigenvalue weighted by Gasteiger charge is -2.14. The molecule has 0 amide bonds. The van der Waals surface area contributed by atoms with E-state index in [0.717, 1.165) is 10.4 Å². The predicted octanol–water partition coefficient (Wildman–Crippen LogP) is 2.61. The van der Waals surface area contributed by atoms with Gasteiger partial charge in [0.2, 0.25) is 0 Å². The van der Waals surface area contributed by atoms with E-state index in [-0.39, 0.29) is 11.8 Å². The van der Waals surface area contributed by atoms with Gasteiger partial charge in [-0.15, -0.1) is 11.3 Å². The van der Waals surface area contributed by atoms with Crippen molar-refractivity contribution in [3.05, 3.63) is 21.9 Å². The first-order chi connectivity index (χ1) is 6.52. The SMILES string of the molecule is Cc1sccc1C(=O)CC(N)C(C)C. The van der Waals surface area contributed by atoms with Gasteiger partial charge in [-0.05, 0) is 24.3 Å². The van der Waals surface area contributed by atoms with Gasteiger partial charge in [-0.2, -0.15) is 0 Å². The minimum Gasteiger partial charge on any atom is -0.327 e. The quantitative estimate of drug-likeness (QED) is 0.778. The topological polar surface area (TPSA) is 43.1 Å². The van der Waals surface area contributed by atoms with E-state index in [0.29, 0.717) is 12.3 Å². The van der Waals surface area contributed by atoms with E-state index >= 15 is 0 Å². The standard InChI is InChI=1S/C11H17NOS/c1-7(2)10(12)6-11(13)9-4-5-14-8(9)3/h4-5,7,10H,6,12H2,1-3H3. The number of thiophene rings is 1. The molecule has 1 aromatic rings.